The number of hydrogen-bond donors (Lipinski definition) is 0. The van der Waals surface area contributed by atoms with Crippen molar-refractivity contribution in [2.75, 3.05) is 13.1 Å². The summed E-state index contributed by atoms with van der Waals surface area (Å²) in [6, 6.07) is 0. The Morgan fingerprint density at radius 2 is 2.29 bits per heavy atom. The number of carbonyl (C=O) groups is 1. The minimum atomic E-state index is 0.113. The van der Waals surface area contributed by atoms with Crippen LogP contribution in [0.15, 0.2) is 6.20 Å². The molecule has 1 aromatic rings. The fourth-order valence-electron chi connectivity index (χ4n) is 2.18. The first kappa shape index (κ1) is 12.6. The third-order valence-corrected chi connectivity index (χ3v) is 4.91. The van der Waals surface area contributed by atoms with Gasteiger partial charge < -0.3 is 4.90 Å². The molecule has 0 bridgehead atoms. The van der Waals surface area contributed by atoms with Gasteiger partial charge in [0.1, 0.15) is 0 Å². The Morgan fingerprint density at radius 1 is 1.59 bits per heavy atom. The Morgan fingerprint density at radius 3 is 2.82 bits per heavy atom. The van der Waals surface area contributed by atoms with Crippen molar-refractivity contribution in [3.05, 3.63) is 17.5 Å². The van der Waals surface area contributed by atoms with Gasteiger partial charge >= 0.3 is 0 Å². The van der Waals surface area contributed by atoms with E-state index >= 15 is 0 Å². The van der Waals surface area contributed by atoms with Crippen LogP contribution in [0.4, 0.5) is 0 Å². The van der Waals surface area contributed by atoms with E-state index in [4.69, 9.17) is 0 Å². The second kappa shape index (κ2) is 4.80. The smallest absolute Gasteiger partial charge is 0.257 e. The number of carbonyl (C=O) groups excluding carboxylic acids is 1. The van der Waals surface area contributed by atoms with Crippen LogP contribution in [0, 0.1) is 12.8 Å². The summed E-state index contributed by atoms with van der Waals surface area (Å²) in [6.07, 6.45) is 2.69. The molecular weight excluding hydrogens is 282 g/mol. The fourth-order valence-corrected chi connectivity index (χ4v) is 2.55. The number of likely N-dealkylation sites (tertiary alicyclic amines) is 1. The van der Waals surface area contributed by atoms with Gasteiger partial charge in [-0.3, -0.25) is 9.48 Å². The number of nitrogens with zero attached hydrogens (tertiary/aromatic N) is 3. The van der Waals surface area contributed by atoms with Gasteiger partial charge in [0.15, 0.2) is 0 Å². The number of aromatic nitrogens is 2. The maximum absolute atomic E-state index is 12.3. The highest BCUT2D eigenvalue weighted by Gasteiger charge is 2.28. The molecule has 1 amide bonds. The monoisotopic (exact) mass is 299 g/mol. The van der Waals surface area contributed by atoms with Gasteiger partial charge in [-0.2, -0.15) is 5.10 Å². The first-order valence-corrected chi connectivity index (χ1v) is 6.84. The van der Waals surface area contributed by atoms with Crippen molar-refractivity contribution < 1.29 is 4.79 Å². The molecule has 0 spiro atoms. The van der Waals surface area contributed by atoms with Crippen LogP contribution in [-0.2, 0) is 7.05 Å². The topological polar surface area (TPSA) is 38.1 Å². The second-order valence-corrected chi connectivity index (χ2v) is 5.98. The molecule has 0 N–H and O–H groups in total. The minimum absolute atomic E-state index is 0.113. The number of piperidine rings is 1. The van der Waals surface area contributed by atoms with Crippen LogP contribution in [0.3, 0.4) is 0 Å². The highest BCUT2D eigenvalue weighted by Crippen LogP contribution is 2.24. The van der Waals surface area contributed by atoms with E-state index in [0.29, 0.717) is 10.7 Å². The molecule has 0 saturated carbocycles. The summed E-state index contributed by atoms with van der Waals surface area (Å²) in [7, 11) is 1.86. The van der Waals surface area contributed by atoms with Crippen LogP contribution in [-0.4, -0.2) is 38.5 Å². The van der Waals surface area contributed by atoms with E-state index in [9.17, 15) is 4.79 Å². The molecule has 5 heteroatoms. The van der Waals surface area contributed by atoms with Gasteiger partial charge in [-0.1, -0.05) is 22.9 Å². The van der Waals surface area contributed by atoms with Crippen molar-refractivity contribution >= 4 is 21.8 Å². The Hall–Kier alpha value is -0.840. The summed E-state index contributed by atoms with van der Waals surface area (Å²) in [5.41, 5.74) is 1.66. The molecule has 0 radical (unpaired) electrons. The second-order valence-electron chi connectivity index (χ2n) is 4.80. The zero-order valence-electron chi connectivity index (χ0n) is 10.5. The zero-order valence-corrected chi connectivity index (χ0v) is 12.1. The van der Waals surface area contributed by atoms with Gasteiger partial charge in [-0.05, 0) is 19.3 Å². The van der Waals surface area contributed by atoms with Crippen LogP contribution in [0.5, 0.6) is 0 Å². The largest absolute Gasteiger partial charge is 0.338 e. The Bertz CT molecular complexity index is 429. The van der Waals surface area contributed by atoms with Crippen LogP contribution < -0.4 is 0 Å². The van der Waals surface area contributed by atoms with Crippen molar-refractivity contribution in [1.29, 1.82) is 0 Å². The molecule has 2 heterocycles. The summed E-state index contributed by atoms with van der Waals surface area (Å²) < 4.78 is 1.74. The molecule has 2 atom stereocenters. The van der Waals surface area contributed by atoms with Crippen molar-refractivity contribution in [2.45, 2.75) is 25.1 Å². The van der Waals surface area contributed by atoms with Crippen LogP contribution >= 0.6 is 15.9 Å². The summed E-state index contributed by atoms with van der Waals surface area (Å²) in [5.74, 6) is 0.617. The van der Waals surface area contributed by atoms with E-state index in [1.54, 1.807) is 10.9 Å². The average Bonchev–Trinajstić information content (AvgIpc) is 2.63. The lowest BCUT2D eigenvalue weighted by molar-refractivity contribution is 0.0689. The van der Waals surface area contributed by atoms with Gasteiger partial charge in [-0.15, -0.1) is 0 Å². The zero-order chi connectivity index (χ0) is 12.6. The average molecular weight is 300 g/mol. The van der Waals surface area contributed by atoms with E-state index in [2.05, 4.69) is 28.0 Å². The van der Waals surface area contributed by atoms with Crippen molar-refractivity contribution in [3.8, 4) is 0 Å². The number of hydrogen-bond acceptors (Lipinski definition) is 2. The maximum atomic E-state index is 12.3. The first-order valence-electron chi connectivity index (χ1n) is 5.92. The highest BCUT2D eigenvalue weighted by molar-refractivity contribution is 9.09. The van der Waals surface area contributed by atoms with E-state index in [0.717, 1.165) is 30.8 Å². The third kappa shape index (κ3) is 2.39. The Kier molecular flexibility index (Phi) is 3.56. The highest BCUT2D eigenvalue weighted by atomic mass is 79.9. The van der Waals surface area contributed by atoms with Crippen molar-refractivity contribution in [2.24, 2.45) is 13.0 Å². The maximum Gasteiger partial charge on any atom is 0.257 e. The Labute approximate surface area is 110 Å². The SMILES string of the molecule is Cc1c(C(=O)N2CCC(Br)C(C)C2)cnn1C. The Balaban J connectivity index is 2.13. The molecule has 4 nitrogen and oxygen atoms in total. The van der Waals surface area contributed by atoms with Gasteiger partial charge in [0.05, 0.1) is 11.8 Å². The molecule has 0 aromatic carbocycles. The molecule has 1 fully saturated rings. The predicted octanol–water partition coefficient (Wildman–Crippen LogP) is 1.97. The molecule has 1 aliphatic rings. The number of halogens is 1. The number of alkyl halides is 1. The summed E-state index contributed by atoms with van der Waals surface area (Å²) >= 11 is 3.65. The van der Waals surface area contributed by atoms with E-state index in [-0.39, 0.29) is 5.91 Å². The number of amides is 1. The summed E-state index contributed by atoms with van der Waals surface area (Å²) in [6.45, 7) is 5.76. The molecule has 2 unspecified atom stereocenters. The molecule has 2 rings (SSSR count). The van der Waals surface area contributed by atoms with E-state index in [1.807, 2.05) is 18.9 Å². The van der Waals surface area contributed by atoms with Crippen molar-refractivity contribution in [1.82, 2.24) is 14.7 Å². The molecule has 0 aliphatic carbocycles. The lowest BCUT2D eigenvalue weighted by Crippen LogP contribution is -2.43. The molecule has 1 saturated heterocycles. The fraction of sp³-hybridized carbons (Fsp3) is 0.667. The van der Waals surface area contributed by atoms with Crippen molar-refractivity contribution in [3.63, 3.8) is 0 Å². The van der Waals surface area contributed by atoms with Crippen LogP contribution in [0.1, 0.15) is 29.4 Å². The summed E-state index contributed by atoms with van der Waals surface area (Å²) in [5, 5.41) is 4.13. The van der Waals surface area contributed by atoms with E-state index in [1.165, 1.54) is 0 Å². The summed E-state index contributed by atoms with van der Waals surface area (Å²) in [4.78, 5) is 14.8. The first-order chi connectivity index (χ1) is 8.00. The third-order valence-electron chi connectivity index (χ3n) is 3.55. The van der Waals surface area contributed by atoms with Gasteiger partial charge in [0, 0.05) is 30.7 Å². The molecule has 17 heavy (non-hydrogen) atoms. The van der Waals surface area contributed by atoms with E-state index < -0.39 is 0 Å². The van der Waals surface area contributed by atoms with Crippen LogP contribution in [0.25, 0.3) is 0 Å². The number of rotatable bonds is 1. The van der Waals surface area contributed by atoms with Gasteiger partial charge in [0.2, 0.25) is 0 Å². The molecule has 94 valence electrons. The van der Waals surface area contributed by atoms with Gasteiger partial charge in [0.25, 0.3) is 5.91 Å². The van der Waals surface area contributed by atoms with Crippen LogP contribution in [0.2, 0.25) is 0 Å². The lowest BCUT2D eigenvalue weighted by atomic mass is 9.99. The number of aryl methyl sites for hydroxylation is 1. The molecule has 1 aromatic heterocycles. The molecule has 1 aliphatic heterocycles. The lowest BCUT2D eigenvalue weighted by Gasteiger charge is -2.34. The quantitative estimate of drug-likeness (QED) is 0.744. The standard InChI is InChI=1S/C12H18BrN3O/c1-8-7-16(5-4-11(8)13)12(17)10-6-14-15(3)9(10)2/h6,8,11H,4-5,7H2,1-3H3. The predicted molar refractivity (Wildman–Crippen MR) is 70.3 cm³/mol. The normalized spacial score (nSPS) is 25.1. The van der Waals surface area contributed by atoms with Gasteiger partial charge in [-0.25, -0.2) is 0 Å². The molecular formula is C12H18BrN3O. The minimum Gasteiger partial charge on any atom is -0.338 e.